The molecule has 6 atom stereocenters. The first kappa shape index (κ1) is 33.3. The molecule has 3 aliphatic carbocycles. The lowest BCUT2D eigenvalue weighted by Gasteiger charge is -2.32. The molecule has 0 radical (unpaired) electrons. The number of ether oxygens (including phenoxy) is 1. The predicted octanol–water partition coefficient (Wildman–Crippen LogP) is 3.59. The zero-order chi connectivity index (χ0) is 33.2. The summed E-state index contributed by atoms with van der Waals surface area (Å²) in [6, 6.07) is 4.78. The molecule has 4 N–H and O–H groups in total. The summed E-state index contributed by atoms with van der Waals surface area (Å²) < 4.78 is 34.9. The molecule has 1 aromatic rings. The van der Waals surface area contributed by atoms with Crippen LogP contribution in [-0.4, -0.2) is 73.9 Å². The molecule has 2 aliphatic heterocycles. The van der Waals surface area contributed by atoms with E-state index in [9.17, 15) is 27.6 Å². The monoisotopic (exact) mass is 669 g/mol. The van der Waals surface area contributed by atoms with E-state index >= 15 is 0 Å². The molecular weight excluding hydrogens is 622 g/mol. The summed E-state index contributed by atoms with van der Waals surface area (Å²) in [5.41, 5.74) is -1.10. The van der Waals surface area contributed by atoms with E-state index in [0.29, 0.717) is 25.2 Å². The maximum Gasteiger partial charge on any atom is 0.408 e. The van der Waals surface area contributed by atoms with Crippen LogP contribution in [-0.2, 0) is 29.1 Å². The van der Waals surface area contributed by atoms with Gasteiger partial charge in [0.25, 0.3) is 15.9 Å². The smallest absolute Gasteiger partial charge is 0.408 e. The van der Waals surface area contributed by atoms with Gasteiger partial charge in [-0.25, -0.2) is 17.9 Å². The number of hydrogen-bond acceptors (Lipinski definition) is 8. The van der Waals surface area contributed by atoms with Gasteiger partial charge < -0.3 is 25.6 Å². The summed E-state index contributed by atoms with van der Waals surface area (Å²) in [5.74, 6) is -2.04. The number of nitrogens with one attached hydrogen (secondary N) is 4. The van der Waals surface area contributed by atoms with Gasteiger partial charge in [-0.3, -0.25) is 14.4 Å². The molecule has 1 spiro atoms. The average Bonchev–Trinajstić information content (AvgIpc) is 3.85. The molecule has 4 fully saturated rings. The summed E-state index contributed by atoms with van der Waals surface area (Å²) >= 11 is 0. The number of para-hydroxylation sites is 1. The Kier molecular flexibility index (Phi) is 9.82. The van der Waals surface area contributed by atoms with Gasteiger partial charge in [0.1, 0.15) is 28.6 Å². The number of hydrogen-bond donors (Lipinski definition) is 4. The molecule has 1 saturated heterocycles. The van der Waals surface area contributed by atoms with Crippen molar-refractivity contribution in [2.75, 3.05) is 18.4 Å². The van der Waals surface area contributed by atoms with Crippen LogP contribution in [0.3, 0.4) is 0 Å². The number of amides is 4. The second-order valence-corrected chi connectivity index (χ2v) is 15.5. The van der Waals surface area contributed by atoms with Gasteiger partial charge in [-0.05, 0) is 75.3 Å². The Labute approximate surface area is 276 Å². The van der Waals surface area contributed by atoms with E-state index in [-0.39, 0.29) is 35.2 Å². The van der Waals surface area contributed by atoms with Crippen LogP contribution in [0.5, 0.6) is 0 Å². The second kappa shape index (κ2) is 13.9. The normalized spacial score (nSPS) is 33.1. The molecule has 0 aromatic heterocycles. The summed E-state index contributed by atoms with van der Waals surface area (Å²) in [6.45, 7) is 4.74. The van der Waals surface area contributed by atoms with Crippen LogP contribution < -0.4 is 20.7 Å². The molecule has 4 amide bonds. The number of carbonyl (C=O) groups excluding carboxylic acids is 4. The topological polar surface area (TPSA) is 163 Å². The summed E-state index contributed by atoms with van der Waals surface area (Å²) in [6.07, 6.45) is 11.1. The first-order valence-corrected chi connectivity index (χ1v) is 18.7. The quantitative estimate of drug-likeness (QED) is 0.355. The van der Waals surface area contributed by atoms with Crippen LogP contribution in [0.1, 0.15) is 83.5 Å². The summed E-state index contributed by atoms with van der Waals surface area (Å²) in [5, 5.41) is 8.89. The minimum Gasteiger partial charge on any atom is -0.446 e. The van der Waals surface area contributed by atoms with Crippen molar-refractivity contribution in [3.05, 3.63) is 36.9 Å². The molecule has 2 unspecified atom stereocenters. The Balaban J connectivity index is 1.24. The van der Waals surface area contributed by atoms with Crippen LogP contribution in [0.25, 0.3) is 0 Å². The SMILES string of the molecule is C=C[C@@H]1C[C@@]12NC(=O)[C@@H]1C3CC3CN1C(=O)[C@@H](NC(=O)OC1CCCC1)CCCCCCCCNc1ccccc1S(=O)(=O)NC2=O. The first-order valence-electron chi connectivity index (χ1n) is 17.3. The molecule has 2 heterocycles. The molecular formula is C34H47N5O7S. The number of carbonyl (C=O) groups is 4. The van der Waals surface area contributed by atoms with Crippen LogP contribution >= 0.6 is 0 Å². The fraction of sp³-hybridized carbons (Fsp3) is 0.647. The number of anilines is 1. The zero-order valence-corrected chi connectivity index (χ0v) is 27.7. The van der Waals surface area contributed by atoms with Gasteiger partial charge in [-0.1, -0.05) is 50.3 Å². The standard InChI is InChI=1S/C34H47N5O7S/c1-2-23-20-34(23)32(42)38-47(44,45)28-17-11-10-15-26(28)35-18-12-6-4-3-5-7-16-27(36-33(43)46-24-13-8-9-14-24)31(41)39-21-22-19-25(22)29(39)30(40)37-34/h2,10-11,15,17,22-25,27,29,35H,1,3-9,12-14,16,18-21H2,(H,36,43)(H,37,40)(H,38,42)/t22?,23-,25?,27+,29+,34-/m1/s1. The van der Waals surface area contributed by atoms with E-state index in [1.807, 2.05) is 0 Å². The molecule has 3 saturated carbocycles. The molecule has 13 heteroatoms. The van der Waals surface area contributed by atoms with Gasteiger partial charge in [-0.15, -0.1) is 6.58 Å². The number of alkyl carbamates (subject to hydrolysis) is 1. The lowest BCUT2D eigenvalue weighted by Crippen LogP contribution is -2.59. The molecule has 6 rings (SSSR count). The summed E-state index contributed by atoms with van der Waals surface area (Å²) in [7, 11) is -4.29. The highest BCUT2D eigenvalue weighted by Gasteiger charge is 2.64. The highest BCUT2D eigenvalue weighted by Crippen LogP contribution is 2.51. The Morgan fingerprint density at radius 3 is 2.45 bits per heavy atom. The van der Waals surface area contributed by atoms with E-state index in [2.05, 4.69) is 27.3 Å². The van der Waals surface area contributed by atoms with Crippen LogP contribution in [0.2, 0.25) is 0 Å². The van der Waals surface area contributed by atoms with E-state index in [4.69, 9.17) is 4.74 Å². The van der Waals surface area contributed by atoms with E-state index < -0.39 is 51.5 Å². The number of nitrogens with zero attached hydrogens (tertiary/aromatic N) is 1. The minimum atomic E-state index is -4.29. The van der Waals surface area contributed by atoms with Gasteiger partial charge >= 0.3 is 6.09 Å². The van der Waals surface area contributed by atoms with Crippen molar-refractivity contribution in [1.82, 2.24) is 20.3 Å². The predicted molar refractivity (Wildman–Crippen MR) is 175 cm³/mol. The number of fused-ring (bicyclic) bond motifs is 4. The first-order chi connectivity index (χ1) is 22.6. The summed E-state index contributed by atoms with van der Waals surface area (Å²) in [4.78, 5) is 56.2. The van der Waals surface area contributed by atoms with Gasteiger partial charge in [0.2, 0.25) is 11.8 Å². The Morgan fingerprint density at radius 1 is 1.00 bits per heavy atom. The third-order valence-corrected chi connectivity index (χ3v) is 11.9. The van der Waals surface area contributed by atoms with E-state index in [1.54, 1.807) is 23.1 Å². The minimum absolute atomic E-state index is 0.0464. The van der Waals surface area contributed by atoms with Crippen molar-refractivity contribution in [3.8, 4) is 0 Å². The van der Waals surface area contributed by atoms with E-state index in [1.165, 1.54) is 12.1 Å². The number of piperidine rings is 1. The molecule has 0 bridgehead atoms. The Bertz CT molecular complexity index is 1490. The molecule has 47 heavy (non-hydrogen) atoms. The Morgan fingerprint density at radius 2 is 1.70 bits per heavy atom. The number of rotatable bonds is 3. The van der Waals surface area contributed by atoms with Crippen molar-refractivity contribution >= 4 is 39.5 Å². The zero-order valence-electron chi connectivity index (χ0n) is 26.9. The third-order valence-electron chi connectivity index (χ3n) is 10.6. The van der Waals surface area contributed by atoms with Crippen LogP contribution in [0, 0.1) is 17.8 Å². The maximum absolute atomic E-state index is 14.1. The fourth-order valence-electron chi connectivity index (χ4n) is 7.67. The van der Waals surface area contributed by atoms with Gasteiger partial charge in [0.15, 0.2) is 0 Å². The molecule has 256 valence electrons. The van der Waals surface area contributed by atoms with Gasteiger partial charge in [0, 0.05) is 19.0 Å². The second-order valence-electron chi connectivity index (χ2n) is 13.9. The Hall–Kier alpha value is -3.61. The van der Waals surface area contributed by atoms with Crippen molar-refractivity contribution in [3.63, 3.8) is 0 Å². The van der Waals surface area contributed by atoms with Crippen molar-refractivity contribution in [2.24, 2.45) is 17.8 Å². The van der Waals surface area contributed by atoms with E-state index in [0.717, 1.165) is 70.6 Å². The van der Waals surface area contributed by atoms with Gasteiger partial charge in [0.05, 0.1) is 5.69 Å². The highest BCUT2D eigenvalue weighted by atomic mass is 32.2. The van der Waals surface area contributed by atoms with Crippen molar-refractivity contribution < 1.29 is 32.3 Å². The fourth-order valence-corrected chi connectivity index (χ4v) is 8.89. The maximum atomic E-state index is 14.1. The average molecular weight is 670 g/mol. The van der Waals surface area contributed by atoms with Crippen LogP contribution in [0.15, 0.2) is 41.8 Å². The lowest BCUT2D eigenvalue weighted by molar-refractivity contribution is -0.142. The highest BCUT2D eigenvalue weighted by molar-refractivity contribution is 7.90. The number of benzene rings is 1. The van der Waals surface area contributed by atoms with Gasteiger partial charge in [-0.2, -0.15) is 0 Å². The molecule has 1 aromatic carbocycles. The number of sulfonamides is 1. The lowest BCUT2D eigenvalue weighted by atomic mass is 10.0. The third kappa shape index (κ3) is 7.29. The largest absolute Gasteiger partial charge is 0.446 e. The molecule has 12 nitrogen and oxygen atoms in total. The molecule has 5 aliphatic rings. The van der Waals surface area contributed by atoms with Crippen molar-refractivity contribution in [1.29, 1.82) is 0 Å². The van der Waals surface area contributed by atoms with Crippen molar-refractivity contribution in [2.45, 2.75) is 112 Å². The van der Waals surface area contributed by atoms with Crippen LogP contribution in [0.4, 0.5) is 10.5 Å².